The van der Waals surface area contributed by atoms with E-state index in [9.17, 15) is 5.26 Å². The first kappa shape index (κ1) is 29.0. The van der Waals surface area contributed by atoms with Gasteiger partial charge in [0.1, 0.15) is 0 Å². The third-order valence-electron chi connectivity index (χ3n) is 10.3. The number of fused-ring (bicyclic) bond motifs is 2. The normalized spacial score (nSPS) is 20.1. The zero-order valence-corrected chi connectivity index (χ0v) is 26.6. The number of aromatic nitrogens is 3. The average molecular weight is 609 g/mol. The van der Waals surface area contributed by atoms with Gasteiger partial charge in [-0.05, 0) is 82.5 Å². The smallest absolute Gasteiger partial charge is 0.164 e. The first-order valence-corrected chi connectivity index (χ1v) is 16.7. The fraction of sp³-hybridized carbons (Fsp3) is 0.209. The molecule has 228 valence electrons. The number of hydrogen-bond acceptors (Lipinski definition) is 4. The van der Waals surface area contributed by atoms with Gasteiger partial charge < -0.3 is 0 Å². The first-order valence-electron chi connectivity index (χ1n) is 16.7. The average Bonchev–Trinajstić information content (AvgIpc) is 3.49. The zero-order valence-electron chi connectivity index (χ0n) is 26.6. The van der Waals surface area contributed by atoms with Crippen LogP contribution in [0.3, 0.4) is 0 Å². The van der Waals surface area contributed by atoms with Crippen LogP contribution in [0.25, 0.3) is 56.4 Å². The fourth-order valence-electron chi connectivity index (χ4n) is 8.04. The van der Waals surface area contributed by atoms with Gasteiger partial charge in [0, 0.05) is 16.7 Å². The third kappa shape index (κ3) is 5.75. The van der Waals surface area contributed by atoms with Gasteiger partial charge in [-0.25, -0.2) is 15.0 Å². The summed E-state index contributed by atoms with van der Waals surface area (Å²) in [6.07, 6.45) is 6.86. The van der Waals surface area contributed by atoms with E-state index in [0.717, 1.165) is 50.8 Å². The molecule has 0 N–H and O–H groups in total. The molecule has 2 aliphatic rings. The summed E-state index contributed by atoms with van der Waals surface area (Å²) in [7, 11) is 0. The van der Waals surface area contributed by atoms with Gasteiger partial charge in [-0.2, -0.15) is 5.26 Å². The summed E-state index contributed by atoms with van der Waals surface area (Å²) in [5.41, 5.74) is 9.54. The van der Waals surface area contributed by atoms with Crippen molar-refractivity contribution in [1.29, 1.82) is 5.26 Å². The topological polar surface area (TPSA) is 62.5 Å². The maximum absolute atomic E-state index is 9.25. The van der Waals surface area contributed by atoms with Crippen LogP contribution in [0.1, 0.15) is 50.2 Å². The van der Waals surface area contributed by atoms with Gasteiger partial charge in [0.05, 0.1) is 11.6 Å². The quantitative estimate of drug-likeness (QED) is 0.189. The molecule has 1 heterocycles. The number of benzene rings is 5. The maximum atomic E-state index is 9.25. The molecule has 3 atom stereocenters. The molecule has 2 aliphatic carbocycles. The van der Waals surface area contributed by atoms with Crippen molar-refractivity contribution in [2.45, 2.75) is 44.4 Å². The lowest BCUT2D eigenvalue weighted by Gasteiger charge is -2.38. The molecule has 6 aromatic rings. The molecule has 0 aliphatic heterocycles. The van der Waals surface area contributed by atoms with Crippen LogP contribution in [0.15, 0.2) is 127 Å². The van der Waals surface area contributed by atoms with Gasteiger partial charge in [0.15, 0.2) is 17.5 Å². The summed E-state index contributed by atoms with van der Waals surface area (Å²) in [5.74, 6) is 3.68. The van der Waals surface area contributed by atoms with E-state index in [1.165, 1.54) is 37.7 Å². The van der Waals surface area contributed by atoms with E-state index in [1.807, 2.05) is 66.7 Å². The van der Waals surface area contributed by atoms with Crippen LogP contribution < -0.4 is 0 Å². The van der Waals surface area contributed by atoms with Crippen LogP contribution in [0.4, 0.5) is 0 Å². The second kappa shape index (κ2) is 12.1. The Morgan fingerprint density at radius 1 is 0.553 bits per heavy atom. The van der Waals surface area contributed by atoms with E-state index in [1.54, 1.807) is 0 Å². The molecular formula is C43H36N4. The van der Waals surface area contributed by atoms with E-state index >= 15 is 0 Å². The minimum absolute atomic E-state index is 0.266. The van der Waals surface area contributed by atoms with Crippen molar-refractivity contribution in [2.75, 3.05) is 0 Å². The Kier molecular flexibility index (Phi) is 7.46. The van der Waals surface area contributed by atoms with E-state index in [4.69, 9.17) is 15.0 Å². The molecule has 5 aromatic carbocycles. The van der Waals surface area contributed by atoms with Gasteiger partial charge in [-0.3, -0.25) is 0 Å². The molecule has 2 saturated carbocycles. The van der Waals surface area contributed by atoms with Crippen molar-refractivity contribution in [3.63, 3.8) is 0 Å². The molecule has 0 saturated heterocycles. The predicted octanol–water partition coefficient (Wildman–Crippen LogP) is 10.5. The molecular weight excluding hydrogens is 573 g/mol. The largest absolute Gasteiger partial charge is 0.208 e. The summed E-state index contributed by atoms with van der Waals surface area (Å²) < 4.78 is 0. The Labute approximate surface area is 276 Å². The van der Waals surface area contributed by atoms with Gasteiger partial charge >= 0.3 is 0 Å². The van der Waals surface area contributed by atoms with Crippen molar-refractivity contribution in [1.82, 2.24) is 15.0 Å². The lowest BCUT2D eigenvalue weighted by Crippen LogP contribution is -2.30. The van der Waals surface area contributed by atoms with Gasteiger partial charge in [-0.15, -0.1) is 0 Å². The summed E-state index contributed by atoms with van der Waals surface area (Å²) in [4.78, 5) is 15.2. The van der Waals surface area contributed by atoms with Gasteiger partial charge in [0.2, 0.25) is 0 Å². The summed E-state index contributed by atoms with van der Waals surface area (Å²) in [6, 6.07) is 46.0. The van der Waals surface area contributed by atoms with E-state index in [2.05, 4.69) is 73.7 Å². The highest BCUT2D eigenvalue weighted by Gasteiger charge is 2.41. The molecule has 2 bridgehead atoms. The minimum atomic E-state index is 0.266. The molecule has 0 amide bonds. The highest BCUT2D eigenvalue weighted by Crippen LogP contribution is 2.51. The maximum Gasteiger partial charge on any atom is 0.164 e. The van der Waals surface area contributed by atoms with E-state index in [0.29, 0.717) is 23.0 Å². The monoisotopic (exact) mass is 608 g/mol. The SMILES string of the molecule is CC1(c2ccc(-c3ccccc3-c3nc(-c4ccccc4)nc(-c4cccc(-c5ccc(C#N)cc5)c4)n3)cc2)C[C@@H]2CC[C@@H](C2)C1. The Bertz CT molecular complexity index is 2080. The number of rotatable bonds is 6. The van der Waals surface area contributed by atoms with Crippen molar-refractivity contribution >= 4 is 0 Å². The van der Waals surface area contributed by atoms with Crippen LogP contribution in [-0.4, -0.2) is 15.0 Å². The van der Waals surface area contributed by atoms with Crippen LogP contribution in [0.5, 0.6) is 0 Å². The second-order valence-electron chi connectivity index (χ2n) is 13.6. The van der Waals surface area contributed by atoms with Crippen LogP contribution >= 0.6 is 0 Å². The fourth-order valence-corrected chi connectivity index (χ4v) is 8.04. The first-order chi connectivity index (χ1) is 23.0. The van der Waals surface area contributed by atoms with Crippen LogP contribution in [0.2, 0.25) is 0 Å². The van der Waals surface area contributed by atoms with E-state index in [-0.39, 0.29) is 5.41 Å². The van der Waals surface area contributed by atoms with Crippen molar-refractivity contribution in [2.24, 2.45) is 11.8 Å². The lowest BCUT2D eigenvalue weighted by atomic mass is 9.66. The molecule has 1 unspecified atom stereocenters. The molecule has 47 heavy (non-hydrogen) atoms. The molecule has 8 rings (SSSR count). The molecule has 2 fully saturated rings. The van der Waals surface area contributed by atoms with Crippen molar-refractivity contribution in [3.05, 3.63) is 139 Å². The summed E-state index contributed by atoms with van der Waals surface area (Å²) >= 11 is 0. The van der Waals surface area contributed by atoms with Crippen molar-refractivity contribution < 1.29 is 0 Å². The molecule has 0 radical (unpaired) electrons. The summed E-state index contributed by atoms with van der Waals surface area (Å²) in [6.45, 7) is 2.48. The predicted molar refractivity (Wildman–Crippen MR) is 189 cm³/mol. The molecule has 0 spiro atoms. The molecule has 4 heteroatoms. The lowest BCUT2D eigenvalue weighted by molar-refractivity contribution is 0.232. The van der Waals surface area contributed by atoms with Crippen LogP contribution in [0, 0.1) is 23.2 Å². The molecule has 4 nitrogen and oxygen atoms in total. The number of hydrogen-bond donors (Lipinski definition) is 0. The standard InChI is InChI=1S/C43H36N4/c1-43(26-30-14-15-31(24-30)27-43)37-22-20-33(21-23-37)38-12-5-6-13-39(38)42-46-40(34-8-3-2-4-9-34)45-41(47-42)36-11-7-10-35(25-36)32-18-16-29(28-44)17-19-32/h2-13,16-23,25,30-31H,14-15,24,26-27H2,1H3/t30-,31+,43?. The Morgan fingerprint density at radius 3 is 1.83 bits per heavy atom. The highest BCUT2D eigenvalue weighted by molar-refractivity contribution is 5.82. The number of nitriles is 1. The van der Waals surface area contributed by atoms with Crippen molar-refractivity contribution in [3.8, 4) is 62.5 Å². The number of nitrogens with zero attached hydrogens (tertiary/aromatic N) is 4. The third-order valence-corrected chi connectivity index (χ3v) is 10.3. The zero-order chi connectivity index (χ0) is 31.8. The summed E-state index contributed by atoms with van der Waals surface area (Å²) in [5, 5.41) is 9.25. The Balaban J connectivity index is 1.20. The molecule has 1 aromatic heterocycles. The van der Waals surface area contributed by atoms with E-state index < -0.39 is 0 Å². The second-order valence-corrected chi connectivity index (χ2v) is 13.6. The minimum Gasteiger partial charge on any atom is -0.208 e. The Morgan fingerprint density at radius 2 is 1.13 bits per heavy atom. The highest BCUT2D eigenvalue weighted by atomic mass is 15.0. The van der Waals surface area contributed by atoms with Gasteiger partial charge in [0.25, 0.3) is 0 Å². The van der Waals surface area contributed by atoms with Gasteiger partial charge in [-0.1, -0.05) is 129 Å². The van der Waals surface area contributed by atoms with Crippen LogP contribution in [-0.2, 0) is 5.41 Å². The Hall–Kier alpha value is -5.40.